The van der Waals surface area contributed by atoms with Gasteiger partial charge in [0.15, 0.2) is 5.65 Å². The maximum atomic E-state index is 14.0. The van der Waals surface area contributed by atoms with Gasteiger partial charge in [-0.25, -0.2) is 13.9 Å². The third-order valence-corrected chi connectivity index (χ3v) is 4.98. The predicted octanol–water partition coefficient (Wildman–Crippen LogP) is 3.24. The Bertz CT molecular complexity index is 1090. The van der Waals surface area contributed by atoms with E-state index in [9.17, 15) is 14.4 Å². The van der Waals surface area contributed by atoms with Gasteiger partial charge in [-0.2, -0.15) is 10.4 Å². The average molecular weight is 363 g/mol. The molecule has 1 atom stereocenters. The summed E-state index contributed by atoms with van der Waals surface area (Å²) in [4.78, 5) is 17.2. The Morgan fingerprint density at radius 3 is 2.93 bits per heavy atom. The lowest BCUT2D eigenvalue weighted by Gasteiger charge is -2.12. The fourth-order valence-electron chi connectivity index (χ4n) is 3.26. The molecule has 1 aliphatic rings. The topological polar surface area (TPSA) is 83.1 Å². The second-order valence-corrected chi connectivity index (χ2v) is 6.95. The van der Waals surface area contributed by atoms with Crippen molar-refractivity contribution in [1.82, 2.24) is 19.9 Å². The maximum absolute atomic E-state index is 14.0. The second-order valence-electron chi connectivity index (χ2n) is 6.95. The molecule has 2 aromatic heterocycles. The molecule has 0 radical (unpaired) electrons. The van der Waals surface area contributed by atoms with E-state index in [2.05, 4.69) is 15.4 Å². The number of amides is 1. The molecule has 27 heavy (non-hydrogen) atoms. The van der Waals surface area contributed by atoms with Crippen molar-refractivity contribution in [1.29, 1.82) is 5.26 Å². The number of carbonyl (C=O) groups is 1. The number of aryl methyl sites for hydroxylation is 1. The van der Waals surface area contributed by atoms with E-state index in [1.165, 1.54) is 18.3 Å². The first-order chi connectivity index (χ1) is 13.0. The summed E-state index contributed by atoms with van der Waals surface area (Å²) in [6, 6.07) is 8.14. The summed E-state index contributed by atoms with van der Waals surface area (Å²) in [6.45, 7) is 3.82. The maximum Gasteiger partial charge on any atom is 0.256 e. The van der Waals surface area contributed by atoms with Crippen LogP contribution in [-0.2, 0) is 0 Å². The number of hydrogen-bond donors (Lipinski definition) is 1. The van der Waals surface area contributed by atoms with Crippen LogP contribution in [0, 0.1) is 30.0 Å². The van der Waals surface area contributed by atoms with Crippen LogP contribution in [-0.4, -0.2) is 26.5 Å². The molecule has 136 valence electrons. The van der Waals surface area contributed by atoms with Crippen LogP contribution < -0.4 is 5.32 Å². The van der Waals surface area contributed by atoms with Crippen LogP contribution in [0.25, 0.3) is 16.9 Å². The number of halogens is 1. The highest BCUT2D eigenvalue weighted by Crippen LogP contribution is 2.32. The number of nitriles is 1. The number of benzene rings is 1. The van der Waals surface area contributed by atoms with Gasteiger partial charge < -0.3 is 5.32 Å². The van der Waals surface area contributed by atoms with Gasteiger partial charge in [0.2, 0.25) is 0 Å². The minimum atomic E-state index is -0.598. The molecular formula is C20H18FN5O. The molecule has 0 unspecified atom stereocenters. The SMILES string of the molecule is Cc1cc(-c2cccc(F)c2C#N)nc2c(C(=O)N[C@@H](C)C3CC3)cnn12. The summed E-state index contributed by atoms with van der Waals surface area (Å²) in [5, 5.41) is 16.6. The molecule has 1 aliphatic carbocycles. The van der Waals surface area contributed by atoms with E-state index in [1.807, 2.05) is 19.9 Å². The summed E-state index contributed by atoms with van der Waals surface area (Å²) >= 11 is 0. The van der Waals surface area contributed by atoms with Gasteiger partial charge in [0.05, 0.1) is 17.5 Å². The minimum absolute atomic E-state index is 0.0679. The fourth-order valence-corrected chi connectivity index (χ4v) is 3.26. The molecule has 1 aromatic carbocycles. The average Bonchev–Trinajstić information content (AvgIpc) is 3.40. The monoisotopic (exact) mass is 363 g/mol. The van der Waals surface area contributed by atoms with Crippen molar-refractivity contribution in [3.05, 3.63) is 53.1 Å². The second kappa shape index (κ2) is 6.47. The lowest BCUT2D eigenvalue weighted by molar-refractivity contribution is 0.0937. The fraction of sp³-hybridized carbons (Fsp3) is 0.300. The van der Waals surface area contributed by atoms with Crippen molar-refractivity contribution >= 4 is 11.6 Å². The van der Waals surface area contributed by atoms with Crippen LogP contribution >= 0.6 is 0 Å². The first kappa shape index (κ1) is 17.2. The zero-order valence-corrected chi connectivity index (χ0v) is 15.0. The largest absolute Gasteiger partial charge is 0.349 e. The molecule has 6 nitrogen and oxygen atoms in total. The first-order valence-corrected chi connectivity index (χ1v) is 8.85. The van der Waals surface area contributed by atoms with Gasteiger partial charge in [0.1, 0.15) is 17.4 Å². The normalized spacial score (nSPS) is 14.7. The van der Waals surface area contributed by atoms with E-state index in [1.54, 1.807) is 16.6 Å². The van der Waals surface area contributed by atoms with E-state index >= 15 is 0 Å². The van der Waals surface area contributed by atoms with Gasteiger partial charge in [-0.05, 0) is 44.7 Å². The van der Waals surface area contributed by atoms with E-state index in [4.69, 9.17) is 0 Å². The number of nitrogens with zero attached hydrogens (tertiary/aromatic N) is 4. The molecule has 4 rings (SSSR count). The molecule has 3 aromatic rings. The van der Waals surface area contributed by atoms with Gasteiger partial charge in [0.25, 0.3) is 5.91 Å². The summed E-state index contributed by atoms with van der Waals surface area (Å²) in [5.74, 6) is -0.293. The molecule has 1 saturated carbocycles. The smallest absolute Gasteiger partial charge is 0.256 e. The summed E-state index contributed by atoms with van der Waals surface area (Å²) < 4.78 is 15.6. The Kier molecular flexibility index (Phi) is 4.11. The summed E-state index contributed by atoms with van der Waals surface area (Å²) in [7, 11) is 0. The standard InChI is InChI=1S/C20H18FN5O/c1-11-8-18(14-4-3-5-17(21)15(14)9-22)25-19-16(10-23-26(11)19)20(27)24-12(2)13-6-7-13/h3-5,8,10,12-13H,6-7H2,1-2H3,(H,24,27)/t12-/m0/s1. The lowest BCUT2D eigenvalue weighted by atomic mass is 10.0. The molecule has 1 N–H and O–H groups in total. The number of fused-ring (bicyclic) bond motifs is 1. The Labute approximate surface area is 155 Å². The highest BCUT2D eigenvalue weighted by molar-refractivity contribution is 6.00. The predicted molar refractivity (Wildman–Crippen MR) is 97.5 cm³/mol. The van der Waals surface area contributed by atoms with Crippen LogP contribution in [0.4, 0.5) is 4.39 Å². The van der Waals surface area contributed by atoms with Gasteiger partial charge in [-0.3, -0.25) is 4.79 Å². The Hall–Kier alpha value is -3.27. The zero-order valence-electron chi connectivity index (χ0n) is 15.0. The van der Waals surface area contributed by atoms with Gasteiger partial charge in [-0.1, -0.05) is 12.1 Å². The molecule has 0 bridgehead atoms. The van der Waals surface area contributed by atoms with Crippen molar-refractivity contribution in [2.75, 3.05) is 0 Å². The van der Waals surface area contributed by atoms with Crippen LogP contribution in [0.3, 0.4) is 0 Å². The molecule has 0 aliphatic heterocycles. The third kappa shape index (κ3) is 3.04. The molecule has 0 saturated heterocycles. The van der Waals surface area contributed by atoms with Gasteiger partial charge in [0, 0.05) is 17.3 Å². The quantitative estimate of drug-likeness (QED) is 0.771. The number of aromatic nitrogens is 3. The molecular weight excluding hydrogens is 345 g/mol. The van der Waals surface area contributed by atoms with Crippen molar-refractivity contribution < 1.29 is 9.18 Å². The van der Waals surface area contributed by atoms with Crippen LogP contribution in [0.5, 0.6) is 0 Å². The minimum Gasteiger partial charge on any atom is -0.349 e. The van der Waals surface area contributed by atoms with Gasteiger partial charge >= 0.3 is 0 Å². The Morgan fingerprint density at radius 1 is 1.44 bits per heavy atom. The van der Waals surface area contributed by atoms with E-state index in [-0.39, 0.29) is 17.5 Å². The van der Waals surface area contributed by atoms with Crippen molar-refractivity contribution in [3.8, 4) is 17.3 Å². The molecule has 1 amide bonds. The van der Waals surface area contributed by atoms with Crippen molar-refractivity contribution in [2.45, 2.75) is 32.7 Å². The van der Waals surface area contributed by atoms with Crippen molar-refractivity contribution in [2.24, 2.45) is 5.92 Å². The molecule has 2 heterocycles. The number of hydrogen-bond acceptors (Lipinski definition) is 4. The third-order valence-electron chi connectivity index (χ3n) is 4.98. The number of nitrogens with one attached hydrogen (secondary N) is 1. The van der Waals surface area contributed by atoms with Gasteiger partial charge in [-0.15, -0.1) is 0 Å². The van der Waals surface area contributed by atoms with Crippen molar-refractivity contribution in [3.63, 3.8) is 0 Å². The lowest BCUT2D eigenvalue weighted by Crippen LogP contribution is -2.34. The highest BCUT2D eigenvalue weighted by atomic mass is 19.1. The zero-order chi connectivity index (χ0) is 19.1. The highest BCUT2D eigenvalue weighted by Gasteiger charge is 2.30. The summed E-state index contributed by atoms with van der Waals surface area (Å²) in [5.41, 5.74) is 2.24. The number of carbonyl (C=O) groups excluding carboxylic acids is 1. The van der Waals surface area contributed by atoms with E-state index in [0.717, 1.165) is 18.5 Å². The van der Waals surface area contributed by atoms with E-state index < -0.39 is 5.82 Å². The first-order valence-electron chi connectivity index (χ1n) is 8.85. The Balaban J connectivity index is 1.80. The van der Waals surface area contributed by atoms with Crippen LogP contribution in [0.1, 0.15) is 41.4 Å². The summed E-state index contributed by atoms with van der Waals surface area (Å²) in [6.07, 6.45) is 3.76. The van der Waals surface area contributed by atoms with Crippen LogP contribution in [0.15, 0.2) is 30.5 Å². The van der Waals surface area contributed by atoms with E-state index in [0.29, 0.717) is 28.4 Å². The molecule has 1 fully saturated rings. The number of rotatable bonds is 4. The molecule has 7 heteroatoms. The Morgan fingerprint density at radius 2 is 2.22 bits per heavy atom. The molecule has 0 spiro atoms. The van der Waals surface area contributed by atoms with Crippen LogP contribution in [0.2, 0.25) is 0 Å².